The summed E-state index contributed by atoms with van der Waals surface area (Å²) in [6.45, 7) is 3.30. The summed E-state index contributed by atoms with van der Waals surface area (Å²) in [5.74, 6) is 0.557. The molecule has 1 aromatic heterocycles. The van der Waals surface area contributed by atoms with Crippen LogP contribution in [-0.2, 0) is 6.42 Å². The average Bonchev–Trinajstić information content (AvgIpc) is 2.68. The lowest BCUT2D eigenvalue weighted by Crippen LogP contribution is -2.44. The van der Waals surface area contributed by atoms with E-state index in [4.69, 9.17) is 9.47 Å². The molecule has 1 amide bonds. The van der Waals surface area contributed by atoms with Crippen LogP contribution in [0.1, 0.15) is 35.7 Å². The number of amides is 1. The van der Waals surface area contributed by atoms with Crippen molar-refractivity contribution in [1.82, 2.24) is 14.9 Å². The molecule has 1 aromatic carbocycles. The maximum atomic E-state index is 12.8. The number of hydrogen-bond acceptors (Lipinski definition) is 5. The molecule has 3 rings (SSSR count). The fourth-order valence-electron chi connectivity index (χ4n) is 2.95. The number of hydrogen-bond donors (Lipinski definition) is 0. The fourth-order valence-corrected chi connectivity index (χ4v) is 2.95. The number of piperidine rings is 1. The highest BCUT2D eigenvalue weighted by Gasteiger charge is 2.27. The Morgan fingerprint density at radius 1 is 1.28 bits per heavy atom. The van der Waals surface area contributed by atoms with E-state index in [0.29, 0.717) is 30.4 Å². The number of rotatable bonds is 5. The average molecular weight is 341 g/mol. The van der Waals surface area contributed by atoms with Crippen molar-refractivity contribution >= 4 is 5.91 Å². The predicted molar refractivity (Wildman–Crippen MR) is 94.0 cm³/mol. The van der Waals surface area contributed by atoms with Gasteiger partial charge in [0.05, 0.1) is 19.2 Å². The minimum absolute atomic E-state index is 0.0343. The van der Waals surface area contributed by atoms with Crippen molar-refractivity contribution in [3.63, 3.8) is 0 Å². The summed E-state index contributed by atoms with van der Waals surface area (Å²) in [6, 6.07) is 7.66. The number of likely N-dealkylation sites (tertiary alicyclic amines) is 1. The quantitative estimate of drug-likeness (QED) is 0.837. The zero-order valence-electron chi connectivity index (χ0n) is 14.6. The monoisotopic (exact) mass is 341 g/mol. The van der Waals surface area contributed by atoms with Crippen LogP contribution >= 0.6 is 0 Å². The van der Waals surface area contributed by atoms with Gasteiger partial charge in [-0.3, -0.25) is 4.79 Å². The molecule has 2 heterocycles. The van der Waals surface area contributed by atoms with Gasteiger partial charge in [-0.1, -0.05) is 19.1 Å². The molecule has 132 valence electrons. The Morgan fingerprint density at radius 2 is 2.04 bits per heavy atom. The van der Waals surface area contributed by atoms with Crippen LogP contribution in [0.2, 0.25) is 0 Å². The first-order valence-corrected chi connectivity index (χ1v) is 8.61. The topological polar surface area (TPSA) is 64.5 Å². The summed E-state index contributed by atoms with van der Waals surface area (Å²) in [5.41, 5.74) is 1.65. The number of aryl methyl sites for hydroxylation is 1. The molecule has 6 heteroatoms. The number of methoxy groups -OCH3 is 1. The molecule has 25 heavy (non-hydrogen) atoms. The van der Waals surface area contributed by atoms with Gasteiger partial charge in [-0.05, 0) is 37.0 Å². The van der Waals surface area contributed by atoms with E-state index in [2.05, 4.69) is 16.9 Å². The molecule has 1 fully saturated rings. The first-order valence-electron chi connectivity index (χ1n) is 8.61. The summed E-state index contributed by atoms with van der Waals surface area (Å²) < 4.78 is 11.2. The van der Waals surface area contributed by atoms with E-state index in [1.54, 1.807) is 31.6 Å². The SMILES string of the molecule is CCc1cnc(OC2CCCN(C(=O)c3ccccc3OC)C2)nc1. The van der Waals surface area contributed by atoms with Gasteiger partial charge < -0.3 is 14.4 Å². The highest BCUT2D eigenvalue weighted by Crippen LogP contribution is 2.22. The first-order chi connectivity index (χ1) is 12.2. The van der Waals surface area contributed by atoms with Gasteiger partial charge in [0.25, 0.3) is 5.91 Å². The fraction of sp³-hybridized carbons (Fsp3) is 0.421. The Bertz CT molecular complexity index is 718. The smallest absolute Gasteiger partial charge is 0.316 e. The van der Waals surface area contributed by atoms with Crippen LogP contribution in [0.3, 0.4) is 0 Å². The molecule has 0 bridgehead atoms. The summed E-state index contributed by atoms with van der Waals surface area (Å²) in [4.78, 5) is 23.1. The summed E-state index contributed by atoms with van der Waals surface area (Å²) in [6.07, 6.45) is 6.13. The molecule has 1 atom stereocenters. The van der Waals surface area contributed by atoms with Crippen molar-refractivity contribution in [2.24, 2.45) is 0 Å². The maximum absolute atomic E-state index is 12.8. The number of benzene rings is 1. The van der Waals surface area contributed by atoms with Crippen LogP contribution in [0, 0.1) is 0 Å². The van der Waals surface area contributed by atoms with E-state index in [1.165, 1.54) is 0 Å². The molecule has 0 saturated carbocycles. The molecular formula is C19H23N3O3. The van der Waals surface area contributed by atoms with Gasteiger partial charge in [0.15, 0.2) is 0 Å². The third-order valence-corrected chi connectivity index (χ3v) is 4.36. The first kappa shape index (κ1) is 17.2. The van der Waals surface area contributed by atoms with Crippen LogP contribution in [0.25, 0.3) is 0 Å². The zero-order valence-corrected chi connectivity index (χ0v) is 14.6. The van der Waals surface area contributed by atoms with Gasteiger partial charge in [0, 0.05) is 18.9 Å². The van der Waals surface area contributed by atoms with Crippen LogP contribution in [-0.4, -0.2) is 47.1 Å². The number of carbonyl (C=O) groups excluding carboxylic acids is 1. The molecule has 0 radical (unpaired) electrons. The van der Waals surface area contributed by atoms with E-state index in [1.807, 2.05) is 17.0 Å². The third-order valence-electron chi connectivity index (χ3n) is 4.36. The van der Waals surface area contributed by atoms with E-state index in [-0.39, 0.29) is 12.0 Å². The molecular weight excluding hydrogens is 318 g/mol. The Hall–Kier alpha value is -2.63. The van der Waals surface area contributed by atoms with Crippen LogP contribution < -0.4 is 9.47 Å². The molecule has 1 aliphatic rings. The normalized spacial score (nSPS) is 17.2. The Labute approximate surface area is 147 Å². The minimum atomic E-state index is -0.0973. The molecule has 2 aromatic rings. The van der Waals surface area contributed by atoms with E-state index in [9.17, 15) is 4.79 Å². The van der Waals surface area contributed by atoms with Gasteiger partial charge in [-0.2, -0.15) is 0 Å². The second-order valence-corrected chi connectivity index (χ2v) is 6.06. The molecule has 1 unspecified atom stereocenters. The Morgan fingerprint density at radius 3 is 2.76 bits per heavy atom. The highest BCUT2D eigenvalue weighted by molar-refractivity contribution is 5.97. The lowest BCUT2D eigenvalue weighted by atomic mass is 10.1. The summed E-state index contributed by atoms with van der Waals surface area (Å²) in [7, 11) is 1.57. The van der Waals surface area contributed by atoms with E-state index < -0.39 is 0 Å². The summed E-state index contributed by atoms with van der Waals surface area (Å²) in [5, 5.41) is 0. The number of nitrogens with zero attached hydrogens (tertiary/aromatic N) is 3. The lowest BCUT2D eigenvalue weighted by molar-refractivity contribution is 0.0513. The lowest BCUT2D eigenvalue weighted by Gasteiger charge is -2.32. The number of aromatic nitrogens is 2. The number of para-hydroxylation sites is 1. The zero-order chi connectivity index (χ0) is 17.6. The third kappa shape index (κ3) is 4.07. The maximum Gasteiger partial charge on any atom is 0.316 e. The van der Waals surface area contributed by atoms with Gasteiger partial charge in [0.1, 0.15) is 11.9 Å². The molecule has 0 N–H and O–H groups in total. The second kappa shape index (κ2) is 7.96. The Kier molecular flexibility index (Phi) is 5.48. The van der Waals surface area contributed by atoms with E-state index >= 15 is 0 Å². The predicted octanol–water partition coefficient (Wildman–Crippen LogP) is 2.73. The Balaban J connectivity index is 1.66. The van der Waals surface area contributed by atoms with Crippen molar-refractivity contribution in [1.29, 1.82) is 0 Å². The summed E-state index contributed by atoms with van der Waals surface area (Å²) >= 11 is 0. The van der Waals surface area contributed by atoms with E-state index in [0.717, 1.165) is 24.8 Å². The molecule has 1 aliphatic heterocycles. The van der Waals surface area contributed by atoms with Gasteiger partial charge >= 0.3 is 6.01 Å². The van der Waals surface area contributed by atoms with Crippen molar-refractivity contribution in [3.8, 4) is 11.8 Å². The van der Waals surface area contributed by atoms with Gasteiger partial charge in [-0.25, -0.2) is 9.97 Å². The van der Waals surface area contributed by atoms with Crippen molar-refractivity contribution in [3.05, 3.63) is 47.8 Å². The molecule has 1 saturated heterocycles. The van der Waals surface area contributed by atoms with Crippen molar-refractivity contribution < 1.29 is 14.3 Å². The molecule has 0 aliphatic carbocycles. The van der Waals surface area contributed by atoms with Crippen LogP contribution in [0.15, 0.2) is 36.7 Å². The highest BCUT2D eigenvalue weighted by atomic mass is 16.5. The van der Waals surface area contributed by atoms with Crippen LogP contribution in [0.4, 0.5) is 0 Å². The second-order valence-electron chi connectivity index (χ2n) is 6.06. The van der Waals surface area contributed by atoms with Crippen LogP contribution in [0.5, 0.6) is 11.8 Å². The van der Waals surface area contributed by atoms with Gasteiger partial charge in [-0.15, -0.1) is 0 Å². The largest absolute Gasteiger partial charge is 0.496 e. The number of ether oxygens (including phenoxy) is 2. The molecule has 6 nitrogen and oxygen atoms in total. The molecule has 0 spiro atoms. The van der Waals surface area contributed by atoms with Crippen molar-refractivity contribution in [2.75, 3.05) is 20.2 Å². The number of carbonyl (C=O) groups is 1. The minimum Gasteiger partial charge on any atom is -0.496 e. The van der Waals surface area contributed by atoms with Crippen molar-refractivity contribution in [2.45, 2.75) is 32.3 Å². The standard InChI is InChI=1S/C19H23N3O3/c1-3-14-11-20-19(21-12-14)25-15-7-6-10-22(13-15)18(23)16-8-4-5-9-17(16)24-2/h4-5,8-9,11-12,15H,3,6-7,10,13H2,1-2H3. The van der Waals surface area contributed by atoms with Gasteiger partial charge in [0.2, 0.25) is 0 Å².